The van der Waals surface area contributed by atoms with Gasteiger partial charge in [-0.1, -0.05) is 30.0 Å². The first-order chi connectivity index (χ1) is 9.29. The van der Waals surface area contributed by atoms with E-state index in [-0.39, 0.29) is 5.97 Å². The molecule has 2 rings (SSSR count). The average molecular weight is 257 g/mol. The van der Waals surface area contributed by atoms with Gasteiger partial charge >= 0.3 is 5.97 Å². The van der Waals surface area contributed by atoms with E-state index >= 15 is 0 Å². The van der Waals surface area contributed by atoms with Gasteiger partial charge in [-0.05, 0) is 31.9 Å². The summed E-state index contributed by atoms with van der Waals surface area (Å²) in [5.74, 6) is 6.10. The molecule has 0 bridgehead atoms. The Bertz CT molecular complexity index is 469. The number of hydrogen-bond donors (Lipinski definition) is 0. The van der Waals surface area contributed by atoms with Gasteiger partial charge in [0.2, 0.25) is 0 Å². The summed E-state index contributed by atoms with van der Waals surface area (Å²) in [7, 11) is 0. The summed E-state index contributed by atoms with van der Waals surface area (Å²) >= 11 is 0. The molecule has 3 heteroatoms. The van der Waals surface area contributed by atoms with Crippen molar-refractivity contribution in [2.75, 3.05) is 19.7 Å². The standard InChI is InChI=1S/C16H19NO2/c1-2-19-16(18)13-17(15-10-11-15)12-6-9-14-7-4-3-5-8-14/h3-5,7-8,15H,2,10-13H2,1H3. The van der Waals surface area contributed by atoms with Gasteiger partial charge in [0.1, 0.15) is 0 Å². The van der Waals surface area contributed by atoms with E-state index in [0.717, 1.165) is 18.4 Å². The number of rotatable bonds is 5. The SMILES string of the molecule is CCOC(=O)CN(CC#Cc1ccccc1)C1CC1. The normalized spacial score (nSPS) is 13.8. The van der Waals surface area contributed by atoms with Crippen molar-refractivity contribution in [3.63, 3.8) is 0 Å². The Hall–Kier alpha value is -1.79. The van der Waals surface area contributed by atoms with Crippen LogP contribution in [0.2, 0.25) is 0 Å². The van der Waals surface area contributed by atoms with Crippen LogP contribution in [0.25, 0.3) is 0 Å². The van der Waals surface area contributed by atoms with Gasteiger partial charge in [-0.25, -0.2) is 0 Å². The molecule has 0 amide bonds. The van der Waals surface area contributed by atoms with Crippen molar-refractivity contribution in [2.24, 2.45) is 0 Å². The van der Waals surface area contributed by atoms with Gasteiger partial charge in [0, 0.05) is 11.6 Å². The van der Waals surface area contributed by atoms with E-state index in [1.807, 2.05) is 37.3 Å². The van der Waals surface area contributed by atoms with E-state index in [9.17, 15) is 4.79 Å². The van der Waals surface area contributed by atoms with Crippen molar-refractivity contribution >= 4 is 5.97 Å². The number of carbonyl (C=O) groups excluding carboxylic acids is 1. The maximum atomic E-state index is 11.5. The van der Waals surface area contributed by atoms with Gasteiger partial charge in [-0.15, -0.1) is 0 Å². The fourth-order valence-corrected chi connectivity index (χ4v) is 1.89. The zero-order chi connectivity index (χ0) is 13.5. The first-order valence-electron chi connectivity index (χ1n) is 6.73. The Kier molecular flexibility index (Phi) is 5.00. The van der Waals surface area contributed by atoms with Gasteiger partial charge in [0.25, 0.3) is 0 Å². The minimum atomic E-state index is -0.157. The molecule has 0 unspecified atom stereocenters. The van der Waals surface area contributed by atoms with Gasteiger partial charge in [-0.3, -0.25) is 9.69 Å². The highest BCUT2D eigenvalue weighted by Crippen LogP contribution is 2.26. The number of carbonyl (C=O) groups is 1. The molecule has 0 heterocycles. The lowest BCUT2D eigenvalue weighted by Crippen LogP contribution is -2.33. The fraction of sp³-hybridized carbons (Fsp3) is 0.438. The molecule has 19 heavy (non-hydrogen) atoms. The Labute approximate surface area is 114 Å². The minimum absolute atomic E-state index is 0.157. The van der Waals surface area contributed by atoms with Crippen molar-refractivity contribution in [2.45, 2.75) is 25.8 Å². The summed E-state index contributed by atoms with van der Waals surface area (Å²) in [6.07, 6.45) is 2.32. The first kappa shape index (κ1) is 13.6. The molecule has 0 atom stereocenters. The second-order valence-corrected chi connectivity index (χ2v) is 4.61. The van der Waals surface area contributed by atoms with Crippen LogP contribution in [-0.4, -0.2) is 36.6 Å². The highest BCUT2D eigenvalue weighted by Gasteiger charge is 2.29. The zero-order valence-electron chi connectivity index (χ0n) is 11.3. The molecular weight excluding hydrogens is 238 g/mol. The predicted octanol–water partition coefficient (Wildman–Crippen LogP) is 2.07. The molecule has 0 aliphatic heterocycles. The molecule has 1 aliphatic carbocycles. The van der Waals surface area contributed by atoms with E-state index in [2.05, 4.69) is 16.7 Å². The third-order valence-electron chi connectivity index (χ3n) is 2.99. The van der Waals surface area contributed by atoms with Crippen molar-refractivity contribution in [1.82, 2.24) is 4.90 Å². The summed E-state index contributed by atoms with van der Waals surface area (Å²) in [5.41, 5.74) is 1.01. The van der Waals surface area contributed by atoms with Crippen LogP contribution >= 0.6 is 0 Å². The number of esters is 1. The molecule has 0 aromatic heterocycles. The third-order valence-corrected chi connectivity index (χ3v) is 2.99. The maximum absolute atomic E-state index is 11.5. The quantitative estimate of drug-likeness (QED) is 0.597. The van der Waals surface area contributed by atoms with E-state index in [1.165, 1.54) is 0 Å². The van der Waals surface area contributed by atoms with Crippen LogP contribution in [0.15, 0.2) is 30.3 Å². The smallest absolute Gasteiger partial charge is 0.320 e. The first-order valence-corrected chi connectivity index (χ1v) is 6.73. The Balaban J connectivity index is 1.87. The molecule has 0 radical (unpaired) electrons. The van der Waals surface area contributed by atoms with Crippen LogP contribution in [-0.2, 0) is 9.53 Å². The molecular formula is C16H19NO2. The highest BCUT2D eigenvalue weighted by atomic mass is 16.5. The topological polar surface area (TPSA) is 29.5 Å². The average Bonchev–Trinajstić information content (AvgIpc) is 3.23. The number of nitrogens with zero attached hydrogens (tertiary/aromatic N) is 1. The van der Waals surface area contributed by atoms with E-state index < -0.39 is 0 Å². The lowest BCUT2D eigenvalue weighted by atomic mass is 10.2. The molecule has 100 valence electrons. The van der Waals surface area contributed by atoms with Crippen LogP contribution in [0, 0.1) is 11.8 Å². The second kappa shape index (κ2) is 6.96. The summed E-state index contributed by atoms with van der Waals surface area (Å²) < 4.78 is 4.99. The van der Waals surface area contributed by atoms with E-state index in [0.29, 0.717) is 25.7 Å². The van der Waals surface area contributed by atoms with Crippen LogP contribution in [0.5, 0.6) is 0 Å². The molecule has 0 saturated heterocycles. The molecule has 0 spiro atoms. The monoisotopic (exact) mass is 257 g/mol. The number of hydrogen-bond acceptors (Lipinski definition) is 3. The fourth-order valence-electron chi connectivity index (χ4n) is 1.89. The van der Waals surface area contributed by atoms with E-state index in [1.54, 1.807) is 0 Å². The van der Waals surface area contributed by atoms with Crippen molar-refractivity contribution in [1.29, 1.82) is 0 Å². The summed E-state index contributed by atoms with van der Waals surface area (Å²) in [4.78, 5) is 13.6. The second-order valence-electron chi connectivity index (χ2n) is 4.61. The summed E-state index contributed by atoms with van der Waals surface area (Å²) in [5, 5.41) is 0. The van der Waals surface area contributed by atoms with Crippen molar-refractivity contribution in [3.05, 3.63) is 35.9 Å². The Morgan fingerprint density at radius 2 is 2.11 bits per heavy atom. The number of benzene rings is 1. The predicted molar refractivity (Wildman–Crippen MR) is 74.5 cm³/mol. The molecule has 1 fully saturated rings. The highest BCUT2D eigenvalue weighted by molar-refractivity contribution is 5.71. The van der Waals surface area contributed by atoms with Crippen LogP contribution in [0.4, 0.5) is 0 Å². The molecule has 3 nitrogen and oxygen atoms in total. The van der Waals surface area contributed by atoms with Crippen LogP contribution in [0.1, 0.15) is 25.3 Å². The number of ether oxygens (including phenoxy) is 1. The van der Waals surface area contributed by atoms with Crippen LogP contribution < -0.4 is 0 Å². The lowest BCUT2D eigenvalue weighted by molar-refractivity contribution is -0.144. The third kappa shape index (κ3) is 4.76. The lowest BCUT2D eigenvalue weighted by Gasteiger charge is -2.17. The van der Waals surface area contributed by atoms with Gasteiger partial charge in [0.15, 0.2) is 0 Å². The largest absolute Gasteiger partial charge is 0.465 e. The molecule has 0 N–H and O–H groups in total. The minimum Gasteiger partial charge on any atom is -0.465 e. The van der Waals surface area contributed by atoms with E-state index in [4.69, 9.17) is 4.74 Å². The Morgan fingerprint density at radius 1 is 1.37 bits per heavy atom. The maximum Gasteiger partial charge on any atom is 0.320 e. The Morgan fingerprint density at radius 3 is 2.74 bits per heavy atom. The molecule has 1 aromatic carbocycles. The molecule has 1 aromatic rings. The van der Waals surface area contributed by atoms with Gasteiger partial charge in [0.05, 0.1) is 19.7 Å². The molecule has 1 aliphatic rings. The van der Waals surface area contributed by atoms with Crippen molar-refractivity contribution in [3.8, 4) is 11.8 Å². The summed E-state index contributed by atoms with van der Waals surface area (Å²) in [6.45, 7) is 3.24. The van der Waals surface area contributed by atoms with Crippen molar-refractivity contribution < 1.29 is 9.53 Å². The summed E-state index contributed by atoms with van der Waals surface area (Å²) in [6, 6.07) is 10.4. The van der Waals surface area contributed by atoms with Crippen LogP contribution in [0.3, 0.4) is 0 Å². The van der Waals surface area contributed by atoms with Gasteiger partial charge in [-0.2, -0.15) is 0 Å². The zero-order valence-corrected chi connectivity index (χ0v) is 11.3. The molecule has 1 saturated carbocycles. The van der Waals surface area contributed by atoms with Gasteiger partial charge < -0.3 is 4.74 Å².